The highest BCUT2D eigenvalue weighted by atomic mass is 16.5. The Morgan fingerprint density at radius 2 is 1.87 bits per heavy atom. The van der Waals surface area contributed by atoms with Crippen molar-refractivity contribution in [3.63, 3.8) is 0 Å². The van der Waals surface area contributed by atoms with Gasteiger partial charge in [0.25, 0.3) is 0 Å². The van der Waals surface area contributed by atoms with Crippen molar-refractivity contribution in [3.05, 3.63) is 53.9 Å². The Kier molecular flexibility index (Phi) is 5.53. The number of rotatable bonds is 5. The van der Waals surface area contributed by atoms with Crippen LogP contribution in [-0.2, 0) is 4.79 Å². The average Bonchev–Trinajstić information content (AvgIpc) is 3.58. The van der Waals surface area contributed by atoms with Gasteiger partial charge in [-0.15, -0.1) is 0 Å². The second kappa shape index (κ2) is 8.42. The molecule has 0 radical (unpaired) electrons. The number of hydrogen-bond acceptors (Lipinski definition) is 5. The molecule has 0 unspecified atom stereocenters. The molecule has 6 nitrogen and oxygen atoms in total. The number of nitrogens with one attached hydrogen (secondary N) is 2. The first-order valence-electron chi connectivity index (χ1n) is 10.1. The zero-order valence-electron chi connectivity index (χ0n) is 17.3. The Labute approximate surface area is 176 Å². The van der Waals surface area contributed by atoms with E-state index >= 15 is 0 Å². The summed E-state index contributed by atoms with van der Waals surface area (Å²) in [4.78, 5) is 20.9. The lowest BCUT2D eigenvalue weighted by Crippen LogP contribution is -2.14. The lowest BCUT2D eigenvalue weighted by atomic mass is 10.1. The van der Waals surface area contributed by atoms with Crippen LogP contribution in [0.2, 0.25) is 0 Å². The molecular weight excluding hydrogens is 376 g/mol. The molecule has 0 bridgehead atoms. The maximum Gasteiger partial charge on any atom is 0.228 e. The molecule has 0 spiro atoms. The molecule has 2 heterocycles. The van der Waals surface area contributed by atoms with E-state index in [-0.39, 0.29) is 17.9 Å². The van der Waals surface area contributed by atoms with Crippen molar-refractivity contribution in [2.75, 3.05) is 17.7 Å². The molecule has 6 heteroatoms. The topological polar surface area (TPSA) is 76.1 Å². The van der Waals surface area contributed by atoms with Crippen molar-refractivity contribution < 1.29 is 9.53 Å². The molecule has 152 valence electrons. The number of ether oxygens (including phenoxy) is 1. The summed E-state index contributed by atoms with van der Waals surface area (Å²) in [6.45, 7) is 3.99. The third-order valence-electron chi connectivity index (χ3n) is 4.78. The number of benzene rings is 1. The largest absolute Gasteiger partial charge is 0.491 e. The van der Waals surface area contributed by atoms with Crippen LogP contribution in [0.5, 0.6) is 5.75 Å². The molecular formula is C24H24N4O2. The predicted molar refractivity (Wildman–Crippen MR) is 119 cm³/mol. The SMILES string of the molecule is CNc1ncc(C#Cc2ccc(OC(C)C)cc2)c2cc(NC(=O)C3CC3)ncc12. The molecule has 1 aromatic carbocycles. The molecule has 0 atom stereocenters. The predicted octanol–water partition coefficient (Wildman–Crippen LogP) is 4.21. The average molecular weight is 400 g/mol. The highest BCUT2D eigenvalue weighted by molar-refractivity contribution is 5.99. The number of pyridine rings is 2. The van der Waals surface area contributed by atoms with Crippen LogP contribution in [0, 0.1) is 17.8 Å². The van der Waals surface area contributed by atoms with Gasteiger partial charge in [0.2, 0.25) is 5.91 Å². The van der Waals surface area contributed by atoms with Crippen molar-refractivity contribution in [1.29, 1.82) is 0 Å². The third-order valence-corrected chi connectivity index (χ3v) is 4.78. The molecule has 1 fully saturated rings. The summed E-state index contributed by atoms with van der Waals surface area (Å²) in [6, 6.07) is 9.57. The summed E-state index contributed by atoms with van der Waals surface area (Å²) in [6.07, 6.45) is 5.49. The van der Waals surface area contributed by atoms with Crippen molar-refractivity contribution in [3.8, 4) is 17.6 Å². The minimum Gasteiger partial charge on any atom is -0.491 e. The van der Waals surface area contributed by atoms with Gasteiger partial charge < -0.3 is 15.4 Å². The molecule has 3 aromatic rings. The van der Waals surface area contributed by atoms with E-state index in [1.165, 1.54) is 0 Å². The molecule has 1 saturated carbocycles. The van der Waals surface area contributed by atoms with Crippen LogP contribution in [0.3, 0.4) is 0 Å². The minimum absolute atomic E-state index is 0.0288. The Hall–Kier alpha value is -3.59. The number of nitrogens with zero attached hydrogens (tertiary/aromatic N) is 2. The van der Waals surface area contributed by atoms with Crippen LogP contribution < -0.4 is 15.4 Å². The van der Waals surface area contributed by atoms with Gasteiger partial charge in [-0.05, 0) is 57.0 Å². The van der Waals surface area contributed by atoms with E-state index in [2.05, 4.69) is 32.4 Å². The molecule has 2 N–H and O–H groups in total. The van der Waals surface area contributed by atoms with Crippen LogP contribution >= 0.6 is 0 Å². The van der Waals surface area contributed by atoms with E-state index in [0.29, 0.717) is 5.82 Å². The summed E-state index contributed by atoms with van der Waals surface area (Å²) in [7, 11) is 1.82. The Morgan fingerprint density at radius 3 is 2.53 bits per heavy atom. The molecule has 0 saturated heterocycles. The van der Waals surface area contributed by atoms with Gasteiger partial charge in [-0.3, -0.25) is 4.79 Å². The lowest BCUT2D eigenvalue weighted by molar-refractivity contribution is -0.117. The van der Waals surface area contributed by atoms with E-state index < -0.39 is 0 Å². The monoisotopic (exact) mass is 400 g/mol. The Morgan fingerprint density at radius 1 is 1.10 bits per heavy atom. The van der Waals surface area contributed by atoms with E-state index in [1.54, 1.807) is 12.4 Å². The standard InChI is InChI=1S/C24H24N4O2/c1-15(2)30-19-10-5-16(6-11-19)4-7-18-13-27-23(25-3)21-14-26-22(12-20(18)21)28-24(29)17-8-9-17/h5-6,10-15,17H,8-9H2,1-3H3,(H,25,27)(H,26,28,29). The van der Waals surface area contributed by atoms with E-state index in [1.807, 2.05) is 51.2 Å². The summed E-state index contributed by atoms with van der Waals surface area (Å²) >= 11 is 0. The Bertz CT molecular complexity index is 1140. The second-order valence-corrected chi connectivity index (χ2v) is 7.59. The summed E-state index contributed by atoms with van der Waals surface area (Å²) in [5.41, 5.74) is 1.66. The Balaban J connectivity index is 1.66. The minimum atomic E-state index is 0.0288. The first-order chi connectivity index (χ1) is 14.5. The number of anilines is 2. The van der Waals surface area contributed by atoms with E-state index in [4.69, 9.17) is 4.74 Å². The van der Waals surface area contributed by atoms with Gasteiger partial charge in [-0.25, -0.2) is 9.97 Å². The van der Waals surface area contributed by atoms with Gasteiger partial charge in [0.15, 0.2) is 0 Å². The molecule has 1 aliphatic rings. The van der Waals surface area contributed by atoms with Crippen molar-refractivity contribution in [2.24, 2.45) is 5.92 Å². The van der Waals surface area contributed by atoms with Gasteiger partial charge in [0.1, 0.15) is 17.4 Å². The normalized spacial score (nSPS) is 12.9. The van der Waals surface area contributed by atoms with Crippen LogP contribution in [-0.4, -0.2) is 29.0 Å². The molecule has 4 rings (SSSR count). The molecule has 1 amide bonds. The zero-order valence-corrected chi connectivity index (χ0v) is 17.3. The fourth-order valence-electron chi connectivity index (χ4n) is 3.10. The lowest BCUT2D eigenvalue weighted by Gasteiger charge is -2.09. The number of carbonyl (C=O) groups excluding carboxylic acids is 1. The van der Waals surface area contributed by atoms with Crippen LogP contribution in [0.25, 0.3) is 10.8 Å². The third kappa shape index (κ3) is 4.52. The van der Waals surface area contributed by atoms with Crippen LogP contribution in [0.4, 0.5) is 11.6 Å². The molecule has 1 aliphatic carbocycles. The molecule has 2 aromatic heterocycles. The molecule has 30 heavy (non-hydrogen) atoms. The first kappa shape index (κ1) is 19.7. The highest BCUT2D eigenvalue weighted by Crippen LogP contribution is 2.31. The van der Waals surface area contributed by atoms with Crippen molar-refractivity contribution in [2.45, 2.75) is 32.8 Å². The number of amides is 1. The summed E-state index contributed by atoms with van der Waals surface area (Å²) < 4.78 is 5.67. The smallest absolute Gasteiger partial charge is 0.228 e. The van der Waals surface area contributed by atoms with Crippen molar-refractivity contribution in [1.82, 2.24) is 9.97 Å². The fraction of sp³-hybridized carbons (Fsp3) is 0.292. The van der Waals surface area contributed by atoms with E-state index in [9.17, 15) is 4.79 Å². The molecule has 0 aliphatic heterocycles. The van der Waals surface area contributed by atoms with Gasteiger partial charge in [0, 0.05) is 41.7 Å². The van der Waals surface area contributed by atoms with E-state index in [0.717, 1.165) is 46.3 Å². The zero-order chi connectivity index (χ0) is 21.1. The fourth-order valence-corrected chi connectivity index (χ4v) is 3.10. The van der Waals surface area contributed by atoms with Gasteiger partial charge in [-0.1, -0.05) is 11.8 Å². The van der Waals surface area contributed by atoms with Crippen LogP contribution in [0.15, 0.2) is 42.7 Å². The van der Waals surface area contributed by atoms with Gasteiger partial charge >= 0.3 is 0 Å². The number of aromatic nitrogens is 2. The van der Waals surface area contributed by atoms with Crippen LogP contribution in [0.1, 0.15) is 37.8 Å². The second-order valence-electron chi connectivity index (χ2n) is 7.59. The number of hydrogen-bond donors (Lipinski definition) is 2. The first-order valence-corrected chi connectivity index (χ1v) is 10.1. The quantitative estimate of drug-likeness (QED) is 0.628. The summed E-state index contributed by atoms with van der Waals surface area (Å²) in [5.74, 6) is 8.62. The maximum absolute atomic E-state index is 12.1. The summed E-state index contributed by atoms with van der Waals surface area (Å²) in [5, 5.41) is 7.73. The maximum atomic E-state index is 12.1. The van der Waals surface area contributed by atoms with Crippen molar-refractivity contribution >= 4 is 28.3 Å². The highest BCUT2D eigenvalue weighted by Gasteiger charge is 2.29. The van der Waals surface area contributed by atoms with Gasteiger partial charge in [-0.2, -0.15) is 0 Å². The van der Waals surface area contributed by atoms with Gasteiger partial charge in [0.05, 0.1) is 11.7 Å². The number of fused-ring (bicyclic) bond motifs is 1. The number of carbonyl (C=O) groups is 1.